The van der Waals surface area contributed by atoms with Crippen molar-refractivity contribution in [3.63, 3.8) is 0 Å². The minimum Gasteiger partial charge on any atom is -0.478 e. The van der Waals surface area contributed by atoms with Crippen LogP contribution in [-0.4, -0.2) is 49.9 Å². The molecule has 0 radical (unpaired) electrons. The Bertz CT molecular complexity index is 1180. The van der Waals surface area contributed by atoms with Crippen LogP contribution in [0.25, 0.3) is 11.3 Å². The monoisotopic (exact) mass is 451 g/mol. The Morgan fingerprint density at radius 1 is 1.09 bits per heavy atom. The van der Waals surface area contributed by atoms with Gasteiger partial charge in [0.1, 0.15) is 17.6 Å². The molecular formula is C21H21N7O5. The van der Waals surface area contributed by atoms with E-state index in [0.717, 1.165) is 6.20 Å². The molecule has 0 bridgehead atoms. The number of carbonyl (C=O) groups is 2. The lowest BCUT2D eigenvalue weighted by molar-refractivity contribution is -0.385. The van der Waals surface area contributed by atoms with Gasteiger partial charge in [-0.3, -0.25) is 14.9 Å². The van der Waals surface area contributed by atoms with E-state index in [1.807, 2.05) is 0 Å². The Kier molecular flexibility index (Phi) is 7.08. The number of nitrogens with zero attached hydrogens (tertiary/aromatic N) is 4. The fourth-order valence-electron chi connectivity index (χ4n) is 3.03. The van der Waals surface area contributed by atoms with Gasteiger partial charge < -0.3 is 21.5 Å². The number of hydrogen-bond acceptors (Lipinski definition) is 9. The van der Waals surface area contributed by atoms with Crippen LogP contribution in [0, 0.1) is 10.1 Å². The molecule has 33 heavy (non-hydrogen) atoms. The van der Waals surface area contributed by atoms with Crippen molar-refractivity contribution in [1.82, 2.24) is 15.0 Å². The molecule has 0 aliphatic carbocycles. The van der Waals surface area contributed by atoms with E-state index in [4.69, 9.17) is 5.73 Å². The molecule has 0 aliphatic heterocycles. The summed E-state index contributed by atoms with van der Waals surface area (Å²) in [5.74, 6) is -1.04. The smallest absolute Gasteiger partial charge is 0.339 e. The van der Waals surface area contributed by atoms with Crippen LogP contribution in [0.1, 0.15) is 33.3 Å². The van der Waals surface area contributed by atoms with Gasteiger partial charge in [0.25, 0.3) is 5.69 Å². The molecule has 0 aliphatic rings. The number of rotatable bonds is 10. The summed E-state index contributed by atoms with van der Waals surface area (Å²) >= 11 is 0. The zero-order valence-electron chi connectivity index (χ0n) is 17.6. The van der Waals surface area contributed by atoms with Crippen molar-refractivity contribution in [3.8, 4) is 11.3 Å². The quantitative estimate of drug-likeness (QED) is 0.202. The molecule has 2 aromatic heterocycles. The first-order valence-electron chi connectivity index (χ1n) is 9.92. The van der Waals surface area contributed by atoms with Crippen molar-refractivity contribution in [1.29, 1.82) is 0 Å². The van der Waals surface area contributed by atoms with Crippen LogP contribution < -0.4 is 16.4 Å². The first-order valence-corrected chi connectivity index (χ1v) is 9.92. The molecule has 0 saturated heterocycles. The van der Waals surface area contributed by atoms with E-state index in [1.165, 1.54) is 24.3 Å². The lowest BCUT2D eigenvalue weighted by Gasteiger charge is -2.13. The molecule has 0 atom stereocenters. The van der Waals surface area contributed by atoms with E-state index < -0.39 is 16.8 Å². The molecule has 1 amide bonds. The van der Waals surface area contributed by atoms with E-state index in [0.29, 0.717) is 42.1 Å². The van der Waals surface area contributed by atoms with E-state index in [1.54, 1.807) is 19.1 Å². The molecular weight excluding hydrogens is 430 g/mol. The Morgan fingerprint density at radius 3 is 2.33 bits per heavy atom. The third kappa shape index (κ3) is 5.55. The SMILES string of the molecule is CCc1nc(NCCNc2ccc([N+](=O)[O-])cn2)nc(-c2ccc(C(N)=O)cc2)c1C(=O)O. The average molecular weight is 451 g/mol. The van der Waals surface area contributed by atoms with Crippen LogP contribution in [0.5, 0.6) is 0 Å². The molecule has 0 saturated carbocycles. The standard InChI is InChI=1S/C21H21N7O5/c1-2-15-17(20(30)31)18(12-3-5-13(6-4-12)19(22)29)27-21(26-15)24-10-9-23-16-8-7-14(11-25-16)28(32)33/h3-8,11H,2,9-10H2,1H3,(H2,22,29)(H,23,25)(H,30,31)(H,24,26,27). The van der Waals surface area contributed by atoms with Crippen LogP contribution in [0.4, 0.5) is 17.5 Å². The second kappa shape index (κ2) is 10.1. The largest absolute Gasteiger partial charge is 0.478 e. The van der Waals surface area contributed by atoms with Gasteiger partial charge >= 0.3 is 5.97 Å². The Hall–Kier alpha value is -4.61. The number of aromatic carboxylic acids is 1. The van der Waals surface area contributed by atoms with Crippen LogP contribution in [0.15, 0.2) is 42.6 Å². The van der Waals surface area contributed by atoms with Gasteiger partial charge in [-0.05, 0) is 24.6 Å². The van der Waals surface area contributed by atoms with Gasteiger partial charge in [-0.15, -0.1) is 0 Å². The summed E-state index contributed by atoms with van der Waals surface area (Å²) in [5.41, 5.74) is 6.54. The number of nitrogens with one attached hydrogen (secondary N) is 2. The predicted octanol–water partition coefficient (Wildman–Crippen LogP) is 2.33. The van der Waals surface area contributed by atoms with Crippen molar-refractivity contribution in [2.45, 2.75) is 13.3 Å². The van der Waals surface area contributed by atoms with Gasteiger partial charge in [0.2, 0.25) is 11.9 Å². The summed E-state index contributed by atoms with van der Waals surface area (Å²) in [6.07, 6.45) is 1.53. The number of pyridine rings is 1. The molecule has 1 aromatic carbocycles. The first kappa shape index (κ1) is 23.1. The van der Waals surface area contributed by atoms with Gasteiger partial charge in [0.05, 0.1) is 16.3 Å². The number of nitrogens with two attached hydrogens (primary N) is 1. The maximum Gasteiger partial charge on any atom is 0.339 e. The minimum atomic E-state index is -1.15. The number of amides is 1. The maximum absolute atomic E-state index is 11.9. The molecule has 3 aromatic rings. The lowest BCUT2D eigenvalue weighted by Crippen LogP contribution is -2.18. The normalized spacial score (nSPS) is 10.5. The van der Waals surface area contributed by atoms with Crippen LogP contribution >= 0.6 is 0 Å². The van der Waals surface area contributed by atoms with Crippen LogP contribution in [0.3, 0.4) is 0 Å². The lowest BCUT2D eigenvalue weighted by atomic mass is 10.0. The van der Waals surface area contributed by atoms with Gasteiger partial charge in [-0.1, -0.05) is 19.1 Å². The summed E-state index contributed by atoms with van der Waals surface area (Å²) in [6, 6.07) is 9.02. The third-order valence-corrected chi connectivity index (χ3v) is 4.65. The molecule has 0 unspecified atom stereocenters. The average Bonchev–Trinajstić information content (AvgIpc) is 2.81. The third-order valence-electron chi connectivity index (χ3n) is 4.65. The topological polar surface area (TPSA) is 186 Å². The fourth-order valence-corrected chi connectivity index (χ4v) is 3.03. The van der Waals surface area contributed by atoms with Gasteiger partial charge in [-0.2, -0.15) is 0 Å². The maximum atomic E-state index is 11.9. The zero-order valence-corrected chi connectivity index (χ0v) is 17.6. The first-order chi connectivity index (χ1) is 15.8. The highest BCUT2D eigenvalue weighted by atomic mass is 16.6. The number of anilines is 2. The van der Waals surface area contributed by atoms with Crippen LogP contribution in [-0.2, 0) is 6.42 Å². The number of primary amides is 1. The van der Waals surface area contributed by atoms with E-state index in [9.17, 15) is 24.8 Å². The summed E-state index contributed by atoms with van der Waals surface area (Å²) in [7, 11) is 0. The van der Waals surface area contributed by atoms with Crippen molar-refractivity contribution in [3.05, 3.63) is 69.5 Å². The van der Waals surface area contributed by atoms with E-state index in [-0.39, 0.29) is 22.9 Å². The highest BCUT2D eigenvalue weighted by molar-refractivity contribution is 5.97. The fraction of sp³-hybridized carbons (Fsp3) is 0.190. The number of aromatic nitrogens is 3. The molecule has 2 heterocycles. The molecule has 170 valence electrons. The molecule has 5 N–H and O–H groups in total. The second-order valence-corrected chi connectivity index (χ2v) is 6.83. The molecule has 12 heteroatoms. The highest BCUT2D eigenvalue weighted by Crippen LogP contribution is 2.26. The van der Waals surface area contributed by atoms with Crippen molar-refractivity contribution < 1.29 is 19.6 Å². The summed E-state index contributed by atoms with van der Waals surface area (Å²) in [6.45, 7) is 2.56. The number of aryl methyl sites for hydroxylation is 1. The Labute approximate surface area is 188 Å². The number of benzene rings is 1. The van der Waals surface area contributed by atoms with Gasteiger partial charge in [0, 0.05) is 30.3 Å². The molecule has 12 nitrogen and oxygen atoms in total. The number of hydrogen-bond donors (Lipinski definition) is 4. The molecule has 0 spiro atoms. The highest BCUT2D eigenvalue weighted by Gasteiger charge is 2.21. The summed E-state index contributed by atoms with van der Waals surface area (Å²) < 4.78 is 0. The number of carbonyl (C=O) groups excluding carboxylic acids is 1. The van der Waals surface area contributed by atoms with Crippen molar-refractivity contribution in [2.75, 3.05) is 23.7 Å². The Balaban J connectivity index is 1.78. The predicted molar refractivity (Wildman–Crippen MR) is 120 cm³/mol. The zero-order chi connectivity index (χ0) is 24.0. The van der Waals surface area contributed by atoms with Gasteiger partial charge in [-0.25, -0.2) is 19.7 Å². The van der Waals surface area contributed by atoms with E-state index in [2.05, 4.69) is 25.6 Å². The van der Waals surface area contributed by atoms with Crippen LogP contribution in [0.2, 0.25) is 0 Å². The molecule has 0 fully saturated rings. The minimum absolute atomic E-state index is 0.0110. The van der Waals surface area contributed by atoms with E-state index >= 15 is 0 Å². The van der Waals surface area contributed by atoms with Gasteiger partial charge in [0.15, 0.2) is 0 Å². The summed E-state index contributed by atoms with van der Waals surface area (Å²) in [5, 5.41) is 26.5. The number of carboxylic acid groups (broad SMARTS) is 1. The molecule has 3 rings (SSSR count). The number of nitro groups is 1. The second-order valence-electron chi connectivity index (χ2n) is 6.83. The number of carboxylic acids is 1. The Morgan fingerprint density at radius 2 is 1.79 bits per heavy atom. The van der Waals surface area contributed by atoms with Crippen molar-refractivity contribution in [2.24, 2.45) is 5.73 Å². The summed E-state index contributed by atoms with van der Waals surface area (Å²) in [4.78, 5) is 46.1. The van der Waals surface area contributed by atoms with Crippen molar-refractivity contribution >= 4 is 29.3 Å².